The average Bonchev–Trinajstić information content (AvgIpc) is 2.78. The van der Waals surface area contributed by atoms with Crippen molar-refractivity contribution in [1.82, 2.24) is 4.90 Å². The Morgan fingerprint density at radius 2 is 2.16 bits per heavy atom. The van der Waals surface area contributed by atoms with Gasteiger partial charge in [-0.1, -0.05) is 18.2 Å². The molecule has 0 saturated heterocycles. The first-order chi connectivity index (χ1) is 8.97. The molecule has 1 aliphatic carbocycles. The number of halogens is 2. The Bertz CT molecular complexity index is 516. The van der Waals surface area contributed by atoms with Crippen molar-refractivity contribution < 1.29 is 13.6 Å². The van der Waals surface area contributed by atoms with Crippen molar-refractivity contribution in [3.63, 3.8) is 0 Å². The van der Waals surface area contributed by atoms with E-state index in [2.05, 4.69) is 0 Å². The third kappa shape index (κ3) is 3.17. The van der Waals surface area contributed by atoms with E-state index in [0.29, 0.717) is 12.0 Å². The molecule has 102 valence electrons. The Morgan fingerprint density at radius 1 is 1.42 bits per heavy atom. The third-order valence-electron chi connectivity index (χ3n) is 3.23. The molecule has 19 heavy (non-hydrogen) atoms. The highest BCUT2D eigenvalue weighted by molar-refractivity contribution is 5.81. The van der Waals surface area contributed by atoms with E-state index in [4.69, 9.17) is 5.73 Å². The molecule has 2 atom stereocenters. The summed E-state index contributed by atoms with van der Waals surface area (Å²) in [5, 5.41) is 0. The molecule has 2 unspecified atom stereocenters. The monoisotopic (exact) mass is 266 g/mol. The van der Waals surface area contributed by atoms with Crippen molar-refractivity contribution >= 4 is 5.91 Å². The fraction of sp³-hybridized carbons (Fsp3) is 0.357. The fourth-order valence-electron chi connectivity index (χ4n) is 2.18. The number of carbonyl (C=O) groups is 1. The zero-order chi connectivity index (χ0) is 14.0. The maximum absolute atomic E-state index is 13.5. The summed E-state index contributed by atoms with van der Waals surface area (Å²) in [6.07, 6.45) is 4.16. The molecule has 0 spiro atoms. The van der Waals surface area contributed by atoms with Gasteiger partial charge in [0, 0.05) is 31.3 Å². The Balaban J connectivity index is 2.02. The van der Waals surface area contributed by atoms with Crippen molar-refractivity contribution in [2.24, 2.45) is 11.7 Å². The predicted octanol–water partition coefficient (Wildman–Crippen LogP) is 1.83. The lowest BCUT2D eigenvalue weighted by molar-refractivity contribution is -0.133. The summed E-state index contributed by atoms with van der Waals surface area (Å²) in [6.45, 7) is 0.116. The van der Waals surface area contributed by atoms with Gasteiger partial charge in [-0.25, -0.2) is 8.78 Å². The minimum atomic E-state index is -0.640. The van der Waals surface area contributed by atoms with E-state index in [-0.39, 0.29) is 24.4 Å². The standard InChI is InChI=1S/C14H16F2N2O/c1-18(14(19)9-3-5-12(17)6-9)8-10-2-4-11(15)7-13(10)16/h2-5,7,9,12H,6,8,17H2,1H3. The molecular formula is C14H16F2N2O. The molecule has 1 amide bonds. The first-order valence-electron chi connectivity index (χ1n) is 6.10. The quantitative estimate of drug-likeness (QED) is 0.848. The number of rotatable bonds is 3. The smallest absolute Gasteiger partial charge is 0.229 e. The molecule has 0 radical (unpaired) electrons. The van der Waals surface area contributed by atoms with E-state index >= 15 is 0 Å². The lowest BCUT2D eigenvalue weighted by atomic mass is 10.1. The van der Waals surface area contributed by atoms with Crippen LogP contribution in [0.15, 0.2) is 30.4 Å². The number of carbonyl (C=O) groups excluding carboxylic acids is 1. The summed E-state index contributed by atoms with van der Waals surface area (Å²) in [5.74, 6) is -1.62. The molecule has 2 rings (SSSR count). The summed E-state index contributed by atoms with van der Waals surface area (Å²) < 4.78 is 26.3. The van der Waals surface area contributed by atoms with Crippen LogP contribution in [0.2, 0.25) is 0 Å². The molecule has 0 saturated carbocycles. The predicted molar refractivity (Wildman–Crippen MR) is 68.1 cm³/mol. The first kappa shape index (κ1) is 13.7. The topological polar surface area (TPSA) is 46.3 Å². The molecule has 0 aromatic heterocycles. The molecule has 0 bridgehead atoms. The van der Waals surface area contributed by atoms with Crippen LogP contribution in [0.5, 0.6) is 0 Å². The van der Waals surface area contributed by atoms with Crippen LogP contribution in [-0.4, -0.2) is 23.9 Å². The van der Waals surface area contributed by atoms with Crippen molar-refractivity contribution in [2.45, 2.75) is 19.0 Å². The van der Waals surface area contributed by atoms with Gasteiger partial charge in [0.2, 0.25) is 5.91 Å². The SMILES string of the molecule is CN(Cc1ccc(F)cc1F)C(=O)C1C=CC(N)C1. The normalized spacial score (nSPS) is 21.7. The van der Waals surface area contributed by atoms with Crippen LogP contribution in [0.4, 0.5) is 8.78 Å². The maximum atomic E-state index is 13.5. The van der Waals surface area contributed by atoms with Crippen LogP contribution < -0.4 is 5.73 Å². The molecule has 0 aliphatic heterocycles. The first-order valence-corrected chi connectivity index (χ1v) is 6.10. The number of hydrogen-bond acceptors (Lipinski definition) is 2. The van der Waals surface area contributed by atoms with Gasteiger partial charge < -0.3 is 10.6 Å². The summed E-state index contributed by atoms with van der Waals surface area (Å²) >= 11 is 0. The van der Waals surface area contributed by atoms with Gasteiger partial charge in [0.1, 0.15) is 11.6 Å². The number of hydrogen-bond donors (Lipinski definition) is 1. The second kappa shape index (κ2) is 5.48. The second-order valence-corrected chi connectivity index (χ2v) is 4.82. The van der Waals surface area contributed by atoms with Crippen LogP contribution in [-0.2, 0) is 11.3 Å². The van der Waals surface area contributed by atoms with Crippen LogP contribution in [0.25, 0.3) is 0 Å². The van der Waals surface area contributed by atoms with Gasteiger partial charge in [0.25, 0.3) is 0 Å². The van der Waals surface area contributed by atoms with E-state index in [0.717, 1.165) is 6.07 Å². The summed E-state index contributed by atoms with van der Waals surface area (Å²) in [4.78, 5) is 13.5. The minimum Gasteiger partial charge on any atom is -0.341 e. The van der Waals surface area contributed by atoms with Crippen LogP contribution in [0, 0.1) is 17.6 Å². The van der Waals surface area contributed by atoms with Crippen molar-refractivity contribution in [1.29, 1.82) is 0 Å². The Kier molecular flexibility index (Phi) is 3.95. The zero-order valence-electron chi connectivity index (χ0n) is 10.6. The van der Waals surface area contributed by atoms with Crippen molar-refractivity contribution in [3.05, 3.63) is 47.5 Å². The number of nitrogens with two attached hydrogens (primary N) is 1. The molecular weight excluding hydrogens is 250 g/mol. The largest absolute Gasteiger partial charge is 0.341 e. The molecule has 0 heterocycles. The van der Waals surface area contributed by atoms with Gasteiger partial charge in [0.15, 0.2) is 0 Å². The van der Waals surface area contributed by atoms with Crippen molar-refractivity contribution in [3.8, 4) is 0 Å². The average molecular weight is 266 g/mol. The van der Waals surface area contributed by atoms with Gasteiger partial charge in [-0.05, 0) is 12.5 Å². The molecule has 1 aromatic rings. The highest BCUT2D eigenvalue weighted by atomic mass is 19.1. The molecule has 0 fully saturated rings. The lowest BCUT2D eigenvalue weighted by Gasteiger charge is -2.21. The van der Waals surface area contributed by atoms with Gasteiger partial charge in [0.05, 0.1) is 5.92 Å². The van der Waals surface area contributed by atoms with E-state index in [9.17, 15) is 13.6 Å². The van der Waals surface area contributed by atoms with Crippen molar-refractivity contribution in [2.75, 3.05) is 7.05 Å². The lowest BCUT2D eigenvalue weighted by Crippen LogP contribution is -2.32. The summed E-state index contributed by atoms with van der Waals surface area (Å²) in [6, 6.07) is 3.26. The Morgan fingerprint density at radius 3 is 2.74 bits per heavy atom. The highest BCUT2D eigenvalue weighted by Gasteiger charge is 2.25. The second-order valence-electron chi connectivity index (χ2n) is 4.82. The van der Waals surface area contributed by atoms with E-state index in [1.54, 1.807) is 19.2 Å². The molecule has 1 aromatic carbocycles. The van der Waals surface area contributed by atoms with Crippen LogP contribution in [0.3, 0.4) is 0 Å². The van der Waals surface area contributed by atoms with Gasteiger partial charge >= 0.3 is 0 Å². The summed E-state index contributed by atoms with van der Waals surface area (Å²) in [5.41, 5.74) is 5.99. The number of benzene rings is 1. The van der Waals surface area contributed by atoms with Gasteiger partial charge in [-0.2, -0.15) is 0 Å². The maximum Gasteiger partial charge on any atom is 0.229 e. The van der Waals surface area contributed by atoms with Crippen LogP contribution in [0.1, 0.15) is 12.0 Å². The minimum absolute atomic E-state index is 0.0927. The Labute approximate surface area is 110 Å². The van der Waals surface area contributed by atoms with E-state index in [1.807, 2.05) is 0 Å². The zero-order valence-corrected chi connectivity index (χ0v) is 10.6. The van der Waals surface area contributed by atoms with Gasteiger partial charge in [-0.15, -0.1) is 0 Å². The third-order valence-corrected chi connectivity index (χ3v) is 3.23. The molecule has 3 nitrogen and oxygen atoms in total. The van der Waals surface area contributed by atoms with Crippen LogP contribution >= 0.6 is 0 Å². The Hall–Kier alpha value is -1.75. The number of amides is 1. The highest BCUT2D eigenvalue weighted by Crippen LogP contribution is 2.20. The van der Waals surface area contributed by atoms with E-state index < -0.39 is 11.6 Å². The molecule has 2 N–H and O–H groups in total. The molecule has 5 heteroatoms. The summed E-state index contributed by atoms with van der Waals surface area (Å²) in [7, 11) is 1.60. The van der Waals surface area contributed by atoms with Gasteiger partial charge in [-0.3, -0.25) is 4.79 Å². The van der Waals surface area contributed by atoms with E-state index in [1.165, 1.54) is 17.0 Å². The fourth-order valence-corrected chi connectivity index (χ4v) is 2.18. The number of nitrogens with zero attached hydrogens (tertiary/aromatic N) is 1. The molecule has 1 aliphatic rings.